The van der Waals surface area contributed by atoms with Crippen LogP contribution in [0.3, 0.4) is 0 Å². The largest absolute Gasteiger partial charge is 0.344 e. The molecule has 5 nitrogen and oxygen atoms in total. The fourth-order valence-electron chi connectivity index (χ4n) is 2.54. The first-order valence-corrected chi connectivity index (χ1v) is 7.07. The van der Waals surface area contributed by atoms with Crippen molar-refractivity contribution in [2.75, 3.05) is 52.2 Å². The second-order valence-corrected chi connectivity index (χ2v) is 5.44. The van der Waals surface area contributed by atoms with Crippen LogP contribution < -0.4 is 10.2 Å². The van der Waals surface area contributed by atoms with Gasteiger partial charge in [-0.2, -0.15) is 0 Å². The lowest BCUT2D eigenvalue weighted by atomic mass is 10.0. The molecular formula is C14H25N5. The molecule has 0 aliphatic carbocycles. The maximum atomic E-state index is 4.50. The summed E-state index contributed by atoms with van der Waals surface area (Å²) in [6.07, 6.45) is 6.32. The Bertz CT molecular complexity index is 378. The summed E-state index contributed by atoms with van der Waals surface area (Å²) >= 11 is 0. The van der Waals surface area contributed by atoms with Gasteiger partial charge in [-0.05, 0) is 45.6 Å². The number of hydrogen-bond acceptors (Lipinski definition) is 5. The SMILES string of the molecule is CNCCCN(C)c1ncc(C2CCN(C)C2)cn1. The van der Waals surface area contributed by atoms with Crippen LogP contribution in [0.1, 0.15) is 24.3 Å². The van der Waals surface area contributed by atoms with Gasteiger partial charge >= 0.3 is 0 Å². The van der Waals surface area contributed by atoms with E-state index in [4.69, 9.17) is 0 Å². The molecular weight excluding hydrogens is 238 g/mol. The van der Waals surface area contributed by atoms with Crippen molar-refractivity contribution in [2.45, 2.75) is 18.8 Å². The van der Waals surface area contributed by atoms with Gasteiger partial charge in [0.15, 0.2) is 0 Å². The molecule has 0 aromatic carbocycles. The summed E-state index contributed by atoms with van der Waals surface area (Å²) in [6.45, 7) is 4.31. The van der Waals surface area contributed by atoms with Gasteiger partial charge in [-0.3, -0.25) is 0 Å². The molecule has 19 heavy (non-hydrogen) atoms. The maximum absolute atomic E-state index is 4.50. The Balaban J connectivity index is 1.90. The van der Waals surface area contributed by atoms with E-state index in [-0.39, 0.29) is 0 Å². The number of likely N-dealkylation sites (N-methyl/N-ethyl adjacent to an activating group) is 1. The molecule has 2 rings (SSSR count). The molecule has 1 aliphatic rings. The number of anilines is 1. The summed E-state index contributed by atoms with van der Waals surface area (Å²) in [5.41, 5.74) is 1.27. The van der Waals surface area contributed by atoms with Gasteiger partial charge in [0.2, 0.25) is 5.95 Å². The predicted octanol–water partition coefficient (Wildman–Crippen LogP) is 0.941. The van der Waals surface area contributed by atoms with Gasteiger partial charge in [0.1, 0.15) is 0 Å². The van der Waals surface area contributed by atoms with Crippen molar-refractivity contribution in [3.63, 3.8) is 0 Å². The van der Waals surface area contributed by atoms with Crippen molar-refractivity contribution in [1.82, 2.24) is 20.2 Å². The van der Waals surface area contributed by atoms with Gasteiger partial charge in [-0.1, -0.05) is 0 Å². The molecule has 5 heteroatoms. The van der Waals surface area contributed by atoms with Crippen LogP contribution in [-0.2, 0) is 0 Å². The van der Waals surface area contributed by atoms with Crippen LogP contribution in [-0.4, -0.2) is 62.2 Å². The lowest BCUT2D eigenvalue weighted by Gasteiger charge is -2.17. The smallest absolute Gasteiger partial charge is 0.224 e. The van der Waals surface area contributed by atoms with Crippen LogP contribution >= 0.6 is 0 Å². The van der Waals surface area contributed by atoms with Gasteiger partial charge in [0.25, 0.3) is 0 Å². The highest BCUT2D eigenvalue weighted by Crippen LogP contribution is 2.25. The maximum Gasteiger partial charge on any atom is 0.224 e. The van der Waals surface area contributed by atoms with E-state index in [1.165, 1.54) is 18.5 Å². The van der Waals surface area contributed by atoms with E-state index in [9.17, 15) is 0 Å². The van der Waals surface area contributed by atoms with Crippen LogP contribution in [0, 0.1) is 0 Å². The Kier molecular flexibility index (Phi) is 5.10. The molecule has 0 saturated carbocycles. The standard InChI is InChI=1S/C14H25N5/c1-15-6-4-7-19(3)14-16-9-13(10-17-14)12-5-8-18(2)11-12/h9-10,12,15H,4-8,11H2,1-3H3. The summed E-state index contributed by atoms with van der Waals surface area (Å²) in [5, 5.41) is 3.15. The summed E-state index contributed by atoms with van der Waals surface area (Å²) in [5.74, 6) is 1.43. The number of nitrogens with one attached hydrogen (secondary N) is 1. The summed E-state index contributed by atoms with van der Waals surface area (Å²) in [6, 6.07) is 0. The van der Waals surface area contributed by atoms with Crippen molar-refractivity contribution < 1.29 is 0 Å². The zero-order valence-electron chi connectivity index (χ0n) is 12.3. The molecule has 106 valence electrons. The van der Waals surface area contributed by atoms with Gasteiger partial charge in [-0.15, -0.1) is 0 Å². The van der Waals surface area contributed by atoms with Crippen LogP contribution in [0.4, 0.5) is 5.95 Å². The average molecular weight is 263 g/mol. The summed E-state index contributed by atoms with van der Waals surface area (Å²) in [7, 11) is 6.20. The molecule has 1 aliphatic heterocycles. The zero-order valence-corrected chi connectivity index (χ0v) is 12.3. The molecule has 0 spiro atoms. The molecule has 1 fully saturated rings. The molecule has 1 aromatic heterocycles. The quantitative estimate of drug-likeness (QED) is 0.774. The first-order chi connectivity index (χ1) is 9.20. The molecule has 2 heterocycles. The zero-order chi connectivity index (χ0) is 13.7. The van der Waals surface area contributed by atoms with Gasteiger partial charge in [0, 0.05) is 38.4 Å². The third-order valence-electron chi connectivity index (χ3n) is 3.78. The Morgan fingerprint density at radius 1 is 1.42 bits per heavy atom. The number of rotatable bonds is 6. The van der Waals surface area contributed by atoms with Crippen LogP contribution in [0.2, 0.25) is 0 Å². The Morgan fingerprint density at radius 3 is 2.74 bits per heavy atom. The third-order valence-corrected chi connectivity index (χ3v) is 3.78. The minimum atomic E-state index is 0.605. The molecule has 0 amide bonds. The van der Waals surface area contributed by atoms with E-state index in [1.54, 1.807) is 0 Å². The monoisotopic (exact) mass is 263 g/mol. The molecule has 1 saturated heterocycles. The van der Waals surface area contributed by atoms with Crippen molar-refractivity contribution in [1.29, 1.82) is 0 Å². The topological polar surface area (TPSA) is 44.3 Å². The summed E-state index contributed by atoms with van der Waals surface area (Å²) < 4.78 is 0. The van der Waals surface area contributed by atoms with Crippen molar-refractivity contribution in [2.24, 2.45) is 0 Å². The van der Waals surface area contributed by atoms with E-state index in [0.717, 1.165) is 32.0 Å². The lowest BCUT2D eigenvalue weighted by Crippen LogP contribution is -2.24. The molecule has 0 bridgehead atoms. The predicted molar refractivity (Wildman–Crippen MR) is 78.7 cm³/mol. The van der Waals surface area contributed by atoms with E-state index < -0.39 is 0 Å². The van der Waals surface area contributed by atoms with E-state index in [1.807, 2.05) is 26.5 Å². The van der Waals surface area contributed by atoms with E-state index in [0.29, 0.717) is 5.92 Å². The Labute approximate surface area is 116 Å². The second kappa shape index (κ2) is 6.82. The van der Waals surface area contributed by atoms with Crippen molar-refractivity contribution in [3.05, 3.63) is 18.0 Å². The fourth-order valence-corrected chi connectivity index (χ4v) is 2.54. The molecule has 0 radical (unpaired) electrons. The first-order valence-electron chi connectivity index (χ1n) is 7.07. The van der Waals surface area contributed by atoms with Crippen LogP contribution in [0.15, 0.2) is 12.4 Å². The highest BCUT2D eigenvalue weighted by atomic mass is 15.2. The second-order valence-electron chi connectivity index (χ2n) is 5.44. The number of likely N-dealkylation sites (tertiary alicyclic amines) is 1. The molecule has 1 atom stereocenters. The number of aromatic nitrogens is 2. The third kappa shape index (κ3) is 3.88. The van der Waals surface area contributed by atoms with E-state index >= 15 is 0 Å². The highest BCUT2D eigenvalue weighted by molar-refractivity contribution is 5.29. The minimum Gasteiger partial charge on any atom is -0.344 e. The number of hydrogen-bond donors (Lipinski definition) is 1. The van der Waals surface area contributed by atoms with Gasteiger partial charge in [-0.25, -0.2) is 9.97 Å². The normalized spacial score (nSPS) is 19.8. The average Bonchev–Trinajstić information content (AvgIpc) is 2.86. The Hall–Kier alpha value is -1.20. The lowest BCUT2D eigenvalue weighted by molar-refractivity contribution is 0.411. The Morgan fingerprint density at radius 2 is 2.16 bits per heavy atom. The fraction of sp³-hybridized carbons (Fsp3) is 0.714. The summed E-state index contributed by atoms with van der Waals surface area (Å²) in [4.78, 5) is 13.5. The minimum absolute atomic E-state index is 0.605. The van der Waals surface area contributed by atoms with Crippen LogP contribution in [0.5, 0.6) is 0 Å². The van der Waals surface area contributed by atoms with Crippen LogP contribution in [0.25, 0.3) is 0 Å². The van der Waals surface area contributed by atoms with Gasteiger partial charge < -0.3 is 15.1 Å². The van der Waals surface area contributed by atoms with Crippen molar-refractivity contribution in [3.8, 4) is 0 Å². The highest BCUT2D eigenvalue weighted by Gasteiger charge is 2.21. The van der Waals surface area contributed by atoms with Gasteiger partial charge in [0.05, 0.1) is 0 Å². The van der Waals surface area contributed by atoms with E-state index in [2.05, 4.69) is 32.1 Å². The number of nitrogens with zero attached hydrogens (tertiary/aromatic N) is 4. The van der Waals surface area contributed by atoms with Crippen molar-refractivity contribution >= 4 is 5.95 Å². The first kappa shape index (κ1) is 14.2. The molecule has 1 aromatic rings. The molecule has 1 N–H and O–H groups in total. The molecule has 1 unspecified atom stereocenters.